The van der Waals surface area contributed by atoms with Crippen LogP contribution in [0.15, 0.2) is 22.7 Å². The molecule has 2 unspecified atom stereocenters. The number of rotatable bonds is 5. The highest BCUT2D eigenvalue weighted by atomic mass is 79.9. The third-order valence-electron chi connectivity index (χ3n) is 3.91. The average molecular weight is 360 g/mol. The molecule has 0 saturated carbocycles. The Bertz CT molecular complexity index is 571. The molecule has 112 valence electrons. The molecule has 2 rings (SSSR count). The molecule has 2 atom stereocenters. The number of nitrogens with one attached hydrogen (secondary N) is 1. The van der Waals surface area contributed by atoms with Crippen LogP contribution in [0.25, 0.3) is 0 Å². The Kier molecular flexibility index (Phi) is 5.26. The highest BCUT2D eigenvalue weighted by Crippen LogP contribution is 2.33. The van der Waals surface area contributed by atoms with Gasteiger partial charge in [-0.05, 0) is 49.4 Å². The van der Waals surface area contributed by atoms with Crippen molar-refractivity contribution in [3.63, 3.8) is 0 Å². The molecule has 1 fully saturated rings. The van der Waals surface area contributed by atoms with Gasteiger partial charge in [0.05, 0.1) is 11.5 Å². The van der Waals surface area contributed by atoms with Crippen LogP contribution in [0.4, 0.5) is 0 Å². The summed E-state index contributed by atoms with van der Waals surface area (Å²) in [6, 6.07) is 6.44. The van der Waals surface area contributed by atoms with Gasteiger partial charge in [-0.1, -0.05) is 35.0 Å². The highest BCUT2D eigenvalue weighted by Gasteiger charge is 2.34. The van der Waals surface area contributed by atoms with Gasteiger partial charge in [-0.25, -0.2) is 8.42 Å². The van der Waals surface area contributed by atoms with E-state index in [1.54, 1.807) is 0 Å². The molecule has 1 saturated heterocycles. The first-order valence-corrected chi connectivity index (χ1v) is 9.74. The van der Waals surface area contributed by atoms with E-state index in [1.807, 2.05) is 0 Å². The van der Waals surface area contributed by atoms with Crippen molar-refractivity contribution in [1.82, 2.24) is 5.32 Å². The summed E-state index contributed by atoms with van der Waals surface area (Å²) in [5, 5.41) is 3.53. The van der Waals surface area contributed by atoms with Crippen LogP contribution in [0.5, 0.6) is 0 Å². The van der Waals surface area contributed by atoms with E-state index in [4.69, 9.17) is 0 Å². The maximum Gasteiger partial charge on any atom is 0.150 e. The van der Waals surface area contributed by atoms with E-state index in [9.17, 15) is 8.42 Å². The molecular formula is C15H22BrNO2S. The van der Waals surface area contributed by atoms with Crippen molar-refractivity contribution >= 4 is 25.8 Å². The van der Waals surface area contributed by atoms with Crippen molar-refractivity contribution in [2.75, 3.05) is 18.1 Å². The molecule has 0 bridgehead atoms. The van der Waals surface area contributed by atoms with E-state index >= 15 is 0 Å². The lowest BCUT2D eigenvalue weighted by Gasteiger charge is -2.25. The molecule has 0 radical (unpaired) electrons. The van der Waals surface area contributed by atoms with Gasteiger partial charge < -0.3 is 5.32 Å². The second-order valence-corrected chi connectivity index (χ2v) is 8.69. The van der Waals surface area contributed by atoms with Gasteiger partial charge in [-0.15, -0.1) is 0 Å². The van der Waals surface area contributed by atoms with Crippen LogP contribution >= 0.6 is 15.9 Å². The molecular weight excluding hydrogens is 338 g/mol. The Labute approximate surface area is 130 Å². The summed E-state index contributed by atoms with van der Waals surface area (Å²) in [4.78, 5) is 0. The fourth-order valence-electron chi connectivity index (χ4n) is 2.75. The van der Waals surface area contributed by atoms with Crippen molar-refractivity contribution in [3.05, 3.63) is 33.8 Å². The van der Waals surface area contributed by atoms with E-state index < -0.39 is 9.84 Å². The lowest BCUT2D eigenvalue weighted by Crippen LogP contribution is -2.29. The molecule has 1 N–H and O–H groups in total. The Morgan fingerprint density at radius 2 is 2.20 bits per heavy atom. The van der Waals surface area contributed by atoms with Gasteiger partial charge in [0.1, 0.15) is 0 Å². The maximum absolute atomic E-state index is 11.7. The van der Waals surface area contributed by atoms with Gasteiger partial charge in [0, 0.05) is 10.5 Å². The predicted molar refractivity (Wildman–Crippen MR) is 86.7 cm³/mol. The van der Waals surface area contributed by atoms with Crippen molar-refractivity contribution in [1.29, 1.82) is 0 Å². The monoisotopic (exact) mass is 359 g/mol. The third-order valence-corrected chi connectivity index (χ3v) is 6.56. The topological polar surface area (TPSA) is 46.2 Å². The number of benzene rings is 1. The summed E-state index contributed by atoms with van der Waals surface area (Å²) in [6.45, 7) is 5.09. The largest absolute Gasteiger partial charge is 0.310 e. The van der Waals surface area contributed by atoms with E-state index in [0.717, 1.165) is 23.9 Å². The van der Waals surface area contributed by atoms with Crippen molar-refractivity contribution in [2.45, 2.75) is 32.7 Å². The van der Waals surface area contributed by atoms with Crippen LogP contribution in [0.2, 0.25) is 0 Å². The lowest BCUT2D eigenvalue weighted by atomic mass is 9.92. The lowest BCUT2D eigenvalue weighted by molar-refractivity contribution is 0.392. The average Bonchev–Trinajstić information content (AvgIpc) is 2.74. The summed E-state index contributed by atoms with van der Waals surface area (Å²) in [6.07, 6.45) is 1.80. The summed E-state index contributed by atoms with van der Waals surface area (Å²) in [5.41, 5.74) is 2.38. The van der Waals surface area contributed by atoms with E-state index in [0.29, 0.717) is 11.5 Å². The van der Waals surface area contributed by atoms with Crippen LogP contribution < -0.4 is 5.32 Å². The SMILES string of the molecule is CCCNC(c1ccc(C)c(Br)c1)C1CCS(=O)(=O)C1. The number of hydrogen-bond donors (Lipinski definition) is 1. The minimum atomic E-state index is -2.84. The smallest absolute Gasteiger partial charge is 0.150 e. The number of aryl methyl sites for hydroxylation is 1. The fraction of sp³-hybridized carbons (Fsp3) is 0.600. The van der Waals surface area contributed by atoms with Gasteiger partial charge in [0.25, 0.3) is 0 Å². The molecule has 1 heterocycles. The zero-order valence-corrected chi connectivity index (χ0v) is 14.4. The standard InChI is InChI=1S/C15H22BrNO2S/c1-3-7-17-15(13-6-8-20(18,19)10-13)12-5-4-11(2)14(16)9-12/h4-5,9,13,15,17H,3,6-8,10H2,1-2H3. The first kappa shape index (κ1) is 16.0. The third kappa shape index (κ3) is 3.83. The predicted octanol–water partition coefficient (Wildman–Crippen LogP) is 3.23. The number of halogens is 1. The molecule has 0 spiro atoms. The molecule has 1 aromatic rings. The molecule has 0 amide bonds. The first-order valence-electron chi connectivity index (χ1n) is 7.13. The van der Waals surface area contributed by atoms with Gasteiger partial charge in [-0.2, -0.15) is 0 Å². The maximum atomic E-state index is 11.7. The fourth-order valence-corrected chi connectivity index (χ4v) is 4.98. The molecule has 3 nitrogen and oxygen atoms in total. The number of hydrogen-bond acceptors (Lipinski definition) is 3. The first-order chi connectivity index (χ1) is 9.43. The Hall–Kier alpha value is -0.390. The molecule has 1 aliphatic heterocycles. The highest BCUT2D eigenvalue weighted by molar-refractivity contribution is 9.10. The zero-order valence-electron chi connectivity index (χ0n) is 12.0. The Morgan fingerprint density at radius 1 is 1.45 bits per heavy atom. The van der Waals surface area contributed by atoms with Crippen LogP contribution in [0, 0.1) is 12.8 Å². The minimum absolute atomic E-state index is 0.129. The molecule has 0 aromatic heterocycles. The summed E-state index contributed by atoms with van der Waals surface area (Å²) < 4.78 is 24.6. The van der Waals surface area contributed by atoms with Crippen LogP contribution in [0.3, 0.4) is 0 Å². The molecule has 0 aliphatic carbocycles. The van der Waals surface area contributed by atoms with Crippen LogP contribution in [-0.2, 0) is 9.84 Å². The number of sulfone groups is 1. The molecule has 20 heavy (non-hydrogen) atoms. The van der Waals surface area contributed by atoms with Gasteiger partial charge in [0.2, 0.25) is 0 Å². The van der Waals surface area contributed by atoms with Gasteiger partial charge in [0.15, 0.2) is 9.84 Å². The summed E-state index contributed by atoms with van der Waals surface area (Å²) >= 11 is 3.57. The Morgan fingerprint density at radius 3 is 2.75 bits per heavy atom. The molecule has 1 aromatic carbocycles. The minimum Gasteiger partial charge on any atom is -0.310 e. The van der Waals surface area contributed by atoms with E-state index in [-0.39, 0.29) is 12.0 Å². The van der Waals surface area contributed by atoms with Crippen LogP contribution in [-0.4, -0.2) is 26.5 Å². The molecule has 1 aliphatic rings. The van der Waals surface area contributed by atoms with E-state index in [2.05, 4.69) is 53.3 Å². The quantitative estimate of drug-likeness (QED) is 0.877. The van der Waals surface area contributed by atoms with Crippen molar-refractivity contribution in [2.24, 2.45) is 5.92 Å². The second-order valence-electron chi connectivity index (χ2n) is 5.60. The zero-order chi connectivity index (χ0) is 14.8. The van der Waals surface area contributed by atoms with E-state index in [1.165, 1.54) is 11.1 Å². The van der Waals surface area contributed by atoms with Gasteiger partial charge in [-0.3, -0.25) is 0 Å². The second kappa shape index (κ2) is 6.58. The molecule has 5 heteroatoms. The summed E-state index contributed by atoms with van der Waals surface area (Å²) in [7, 11) is -2.84. The summed E-state index contributed by atoms with van der Waals surface area (Å²) in [5.74, 6) is 0.815. The Balaban J connectivity index is 2.25. The van der Waals surface area contributed by atoms with Gasteiger partial charge >= 0.3 is 0 Å². The van der Waals surface area contributed by atoms with Crippen LogP contribution in [0.1, 0.15) is 36.9 Å². The van der Waals surface area contributed by atoms with Crippen molar-refractivity contribution < 1.29 is 8.42 Å². The normalized spacial score (nSPS) is 22.9. The van der Waals surface area contributed by atoms with Crippen molar-refractivity contribution in [3.8, 4) is 0 Å².